The van der Waals surface area contributed by atoms with Crippen LogP contribution in [-0.4, -0.2) is 30.5 Å². The van der Waals surface area contributed by atoms with Crippen molar-refractivity contribution >= 4 is 29.6 Å². The Balaban J connectivity index is 1.40. The number of nitrogens with one attached hydrogen (secondary N) is 3. The van der Waals surface area contributed by atoms with Gasteiger partial charge in [0.1, 0.15) is 11.5 Å². The predicted molar refractivity (Wildman–Crippen MR) is 123 cm³/mol. The van der Waals surface area contributed by atoms with E-state index in [9.17, 15) is 14.4 Å². The van der Waals surface area contributed by atoms with Crippen LogP contribution in [-0.2, 0) is 20.9 Å². The lowest BCUT2D eigenvalue weighted by molar-refractivity contribution is -0.139. The summed E-state index contributed by atoms with van der Waals surface area (Å²) in [7, 11) is 0. The van der Waals surface area contributed by atoms with Gasteiger partial charge in [-0.2, -0.15) is 5.10 Å². The zero-order chi connectivity index (χ0) is 23.6. The van der Waals surface area contributed by atoms with Crippen LogP contribution in [0, 0.1) is 13.8 Å². The number of ether oxygens (including phenoxy) is 1. The number of rotatable bonds is 8. The molecule has 0 atom stereocenters. The SMILES string of the molecule is Cc1ccc(NC(=O)COc2ccc(/C=N\NC(=O)C(=O)NCc3ccco3)cc2)cc1C. The van der Waals surface area contributed by atoms with Crippen LogP contribution in [0.2, 0.25) is 0 Å². The highest BCUT2D eigenvalue weighted by Crippen LogP contribution is 2.15. The molecule has 3 N–H and O–H groups in total. The lowest BCUT2D eigenvalue weighted by Crippen LogP contribution is -2.37. The van der Waals surface area contributed by atoms with Crippen molar-refractivity contribution in [1.82, 2.24) is 10.7 Å². The fraction of sp³-hybridized carbons (Fsp3) is 0.167. The molecule has 1 heterocycles. The van der Waals surface area contributed by atoms with Crippen molar-refractivity contribution in [2.24, 2.45) is 5.10 Å². The number of benzene rings is 2. The average Bonchev–Trinajstić information content (AvgIpc) is 3.33. The molecule has 33 heavy (non-hydrogen) atoms. The summed E-state index contributed by atoms with van der Waals surface area (Å²) in [6.07, 6.45) is 2.86. The van der Waals surface area contributed by atoms with Gasteiger partial charge in [0.2, 0.25) is 0 Å². The first-order valence-electron chi connectivity index (χ1n) is 10.1. The van der Waals surface area contributed by atoms with Crippen molar-refractivity contribution in [1.29, 1.82) is 0 Å². The highest BCUT2D eigenvalue weighted by atomic mass is 16.5. The maximum Gasteiger partial charge on any atom is 0.329 e. The van der Waals surface area contributed by atoms with E-state index in [1.807, 2.05) is 32.0 Å². The molecule has 170 valence electrons. The first-order chi connectivity index (χ1) is 15.9. The minimum atomic E-state index is -0.896. The van der Waals surface area contributed by atoms with Crippen LogP contribution in [0.4, 0.5) is 5.69 Å². The summed E-state index contributed by atoms with van der Waals surface area (Å²) in [5.74, 6) is -0.954. The van der Waals surface area contributed by atoms with Gasteiger partial charge in [0, 0.05) is 5.69 Å². The van der Waals surface area contributed by atoms with Crippen molar-refractivity contribution in [2.75, 3.05) is 11.9 Å². The van der Waals surface area contributed by atoms with Gasteiger partial charge in [-0.15, -0.1) is 0 Å². The van der Waals surface area contributed by atoms with Gasteiger partial charge < -0.3 is 19.8 Å². The summed E-state index contributed by atoms with van der Waals surface area (Å²) in [6, 6.07) is 15.8. The van der Waals surface area contributed by atoms with E-state index in [0.29, 0.717) is 17.1 Å². The number of hydrogen-bond donors (Lipinski definition) is 3. The standard InChI is InChI=1S/C24H24N4O5/c1-16-5-8-19(12-17(16)2)27-22(29)15-33-20-9-6-18(7-10-20)13-26-28-24(31)23(30)25-14-21-4-3-11-32-21/h3-13H,14-15H2,1-2H3,(H,25,30)(H,27,29)(H,28,31)/b26-13-. The molecule has 9 heteroatoms. The number of hydrogen-bond acceptors (Lipinski definition) is 6. The zero-order valence-corrected chi connectivity index (χ0v) is 18.3. The molecule has 2 aromatic carbocycles. The summed E-state index contributed by atoms with van der Waals surface area (Å²) in [5, 5.41) is 8.97. The lowest BCUT2D eigenvalue weighted by atomic mass is 10.1. The molecule has 9 nitrogen and oxygen atoms in total. The van der Waals surface area contributed by atoms with Crippen LogP contribution in [0.25, 0.3) is 0 Å². The number of anilines is 1. The molecule has 1 aromatic heterocycles. The van der Waals surface area contributed by atoms with Crippen molar-refractivity contribution < 1.29 is 23.5 Å². The molecular weight excluding hydrogens is 424 g/mol. The van der Waals surface area contributed by atoms with E-state index in [4.69, 9.17) is 9.15 Å². The first-order valence-corrected chi connectivity index (χ1v) is 10.1. The van der Waals surface area contributed by atoms with E-state index >= 15 is 0 Å². The number of furan rings is 1. The van der Waals surface area contributed by atoms with E-state index in [2.05, 4.69) is 21.2 Å². The van der Waals surface area contributed by atoms with Crippen LogP contribution >= 0.6 is 0 Å². The van der Waals surface area contributed by atoms with Crippen LogP contribution in [0.1, 0.15) is 22.5 Å². The molecule has 0 aliphatic heterocycles. The van der Waals surface area contributed by atoms with Crippen LogP contribution in [0.3, 0.4) is 0 Å². The third kappa shape index (κ3) is 7.35. The van der Waals surface area contributed by atoms with Crippen molar-refractivity contribution in [2.45, 2.75) is 20.4 Å². The van der Waals surface area contributed by atoms with E-state index in [-0.39, 0.29) is 19.1 Å². The first kappa shape index (κ1) is 23.3. The predicted octanol–water partition coefficient (Wildman–Crippen LogP) is 2.68. The summed E-state index contributed by atoms with van der Waals surface area (Å²) in [4.78, 5) is 35.5. The Labute approximate surface area is 190 Å². The van der Waals surface area contributed by atoms with Crippen LogP contribution in [0.15, 0.2) is 70.4 Å². The molecule has 0 saturated carbocycles. The number of amides is 3. The lowest BCUT2D eigenvalue weighted by Gasteiger charge is -2.09. The molecule has 0 unspecified atom stereocenters. The summed E-state index contributed by atoms with van der Waals surface area (Å²) >= 11 is 0. The second-order valence-corrected chi connectivity index (χ2v) is 7.17. The fourth-order valence-electron chi connectivity index (χ4n) is 2.69. The molecule has 0 saturated heterocycles. The van der Waals surface area contributed by atoms with Gasteiger partial charge in [0.15, 0.2) is 6.61 Å². The van der Waals surface area contributed by atoms with Crippen molar-refractivity contribution in [3.63, 3.8) is 0 Å². The van der Waals surface area contributed by atoms with Gasteiger partial charge in [-0.05, 0) is 79.1 Å². The van der Waals surface area contributed by atoms with E-state index in [1.54, 1.807) is 36.4 Å². The molecule has 3 aromatic rings. The molecule has 0 aliphatic carbocycles. The van der Waals surface area contributed by atoms with Gasteiger partial charge >= 0.3 is 11.8 Å². The Morgan fingerprint density at radius 1 is 1.00 bits per heavy atom. The second-order valence-electron chi connectivity index (χ2n) is 7.17. The highest BCUT2D eigenvalue weighted by Gasteiger charge is 2.12. The number of carbonyl (C=O) groups is 3. The van der Waals surface area contributed by atoms with Gasteiger partial charge in [0.05, 0.1) is 19.0 Å². The molecule has 0 radical (unpaired) electrons. The van der Waals surface area contributed by atoms with Gasteiger partial charge in [-0.25, -0.2) is 5.43 Å². The number of hydrazone groups is 1. The maximum absolute atomic E-state index is 12.1. The second kappa shape index (κ2) is 11.3. The van der Waals surface area contributed by atoms with Gasteiger partial charge in [-0.3, -0.25) is 14.4 Å². The normalized spacial score (nSPS) is 10.6. The molecule has 0 spiro atoms. The molecule has 3 amide bonds. The third-order valence-corrected chi connectivity index (χ3v) is 4.63. The van der Waals surface area contributed by atoms with Crippen molar-refractivity contribution in [3.8, 4) is 5.75 Å². The Hall–Kier alpha value is -4.40. The number of aryl methyl sites for hydroxylation is 2. The number of nitrogens with zero attached hydrogens (tertiary/aromatic N) is 1. The maximum atomic E-state index is 12.1. The van der Waals surface area contributed by atoms with E-state index in [1.165, 1.54) is 12.5 Å². The Morgan fingerprint density at radius 2 is 1.79 bits per heavy atom. The topological polar surface area (TPSA) is 122 Å². The summed E-state index contributed by atoms with van der Waals surface area (Å²) < 4.78 is 10.6. The molecule has 0 fully saturated rings. The van der Waals surface area contributed by atoms with E-state index in [0.717, 1.165) is 16.8 Å². The average molecular weight is 448 g/mol. The summed E-state index contributed by atoms with van der Waals surface area (Å²) in [6.45, 7) is 3.96. The molecule has 3 rings (SSSR count). The largest absolute Gasteiger partial charge is 0.484 e. The minimum absolute atomic E-state index is 0.104. The van der Waals surface area contributed by atoms with Crippen LogP contribution in [0.5, 0.6) is 5.75 Å². The molecule has 0 aliphatic rings. The molecular formula is C24H24N4O5. The number of carbonyl (C=O) groups excluding carboxylic acids is 3. The quantitative estimate of drug-likeness (QED) is 0.278. The smallest absolute Gasteiger partial charge is 0.329 e. The Bertz CT molecular complexity index is 1140. The van der Waals surface area contributed by atoms with Crippen LogP contribution < -0.4 is 20.8 Å². The molecule has 0 bridgehead atoms. The van der Waals surface area contributed by atoms with Gasteiger partial charge in [-0.1, -0.05) is 6.07 Å². The zero-order valence-electron chi connectivity index (χ0n) is 18.3. The third-order valence-electron chi connectivity index (χ3n) is 4.63. The minimum Gasteiger partial charge on any atom is -0.484 e. The Morgan fingerprint density at radius 3 is 2.48 bits per heavy atom. The summed E-state index contributed by atoms with van der Waals surface area (Å²) in [5.41, 5.74) is 5.78. The monoisotopic (exact) mass is 448 g/mol. The fourth-order valence-corrected chi connectivity index (χ4v) is 2.69. The van der Waals surface area contributed by atoms with E-state index < -0.39 is 11.8 Å². The van der Waals surface area contributed by atoms with Crippen molar-refractivity contribution in [3.05, 3.63) is 83.3 Å². The van der Waals surface area contributed by atoms with Gasteiger partial charge in [0.25, 0.3) is 5.91 Å². The highest BCUT2D eigenvalue weighted by molar-refractivity contribution is 6.35. The Kier molecular flexibility index (Phi) is 7.96.